The molecule has 1 fully saturated rings. The molecule has 16 heavy (non-hydrogen) atoms. The molecule has 0 spiro atoms. The van der Waals surface area contributed by atoms with Gasteiger partial charge in [-0.2, -0.15) is 0 Å². The quantitative estimate of drug-likeness (QED) is 0.748. The molecule has 1 aromatic rings. The number of carbonyl (C=O) groups excluding carboxylic acids is 2. The van der Waals surface area contributed by atoms with Gasteiger partial charge in [-0.3, -0.25) is 14.5 Å². The second kappa shape index (κ2) is 4.55. The normalized spacial score (nSPS) is 15.6. The Kier molecular flexibility index (Phi) is 3.30. The lowest BCUT2D eigenvalue weighted by atomic mass is 10.2. The average Bonchev–Trinajstić information content (AvgIpc) is 2.67. The maximum atomic E-state index is 12.0. The van der Waals surface area contributed by atoms with E-state index in [0.29, 0.717) is 28.0 Å². The highest BCUT2D eigenvalue weighted by molar-refractivity contribution is 9.10. The van der Waals surface area contributed by atoms with Crippen LogP contribution in [0, 0.1) is 0 Å². The molecule has 0 unspecified atom stereocenters. The van der Waals surface area contributed by atoms with E-state index in [9.17, 15) is 9.59 Å². The predicted molar refractivity (Wildman–Crippen MR) is 64.4 cm³/mol. The number of hydrogen-bond acceptors (Lipinski definition) is 2. The van der Waals surface area contributed by atoms with Crippen molar-refractivity contribution in [2.75, 3.05) is 6.54 Å². The number of imide groups is 1. The van der Waals surface area contributed by atoms with Crippen molar-refractivity contribution in [1.29, 1.82) is 0 Å². The maximum absolute atomic E-state index is 12.0. The van der Waals surface area contributed by atoms with Gasteiger partial charge in [0, 0.05) is 23.0 Å². The van der Waals surface area contributed by atoms with Gasteiger partial charge in [0.15, 0.2) is 0 Å². The fourth-order valence-corrected chi connectivity index (χ4v) is 2.14. The Morgan fingerprint density at radius 2 is 2.19 bits per heavy atom. The van der Waals surface area contributed by atoms with Crippen LogP contribution < -0.4 is 0 Å². The van der Waals surface area contributed by atoms with Crippen LogP contribution in [0.25, 0.3) is 0 Å². The summed E-state index contributed by atoms with van der Waals surface area (Å²) in [5.41, 5.74) is 0.478. The van der Waals surface area contributed by atoms with Gasteiger partial charge in [-0.25, -0.2) is 0 Å². The minimum absolute atomic E-state index is 0.101. The third-order valence-electron chi connectivity index (χ3n) is 2.49. The Balaban J connectivity index is 2.27. The summed E-state index contributed by atoms with van der Waals surface area (Å²) in [5.74, 6) is -0.351. The number of likely N-dealkylation sites (tertiary alicyclic amines) is 1. The fraction of sp³-hybridized carbons (Fsp3) is 0.273. The summed E-state index contributed by atoms with van der Waals surface area (Å²) in [4.78, 5) is 24.7. The molecule has 1 heterocycles. The van der Waals surface area contributed by atoms with E-state index in [2.05, 4.69) is 15.9 Å². The number of amides is 2. The van der Waals surface area contributed by atoms with Crippen LogP contribution >= 0.6 is 27.5 Å². The zero-order valence-corrected chi connectivity index (χ0v) is 10.7. The van der Waals surface area contributed by atoms with Gasteiger partial charge in [0.2, 0.25) is 5.91 Å². The van der Waals surface area contributed by atoms with Crippen LogP contribution in [-0.4, -0.2) is 23.3 Å². The molecule has 5 heteroatoms. The van der Waals surface area contributed by atoms with E-state index in [1.165, 1.54) is 4.90 Å². The van der Waals surface area contributed by atoms with Crippen molar-refractivity contribution in [3.05, 3.63) is 33.3 Å². The van der Waals surface area contributed by atoms with Crippen LogP contribution in [0.5, 0.6) is 0 Å². The highest BCUT2D eigenvalue weighted by Gasteiger charge is 2.27. The monoisotopic (exact) mass is 301 g/mol. The average molecular weight is 303 g/mol. The first kappa shape index (κ1) is 11.6. The zero-order valence-electron chi connectivity index (χ0n) is 8.37. The van der Waals surface area contributed by atoms with Gasteiger partial charge < -0.3 is 0 Å². The van der Waals surface area contributed by atoms with E-state index in [0.717, 1.165) is 6.42 Å². The first-order valence-electron chi connectivity index (χ1n) is 4.89. The van der Waals surface area contributed by atoms with Crippen molar-refractivity contribution >= 4 is 39.3 Å². The zero-order chi connectivity index (χ0) is 11.7. The van der Waals surface area contributed by atoms with Gasteiger partial charge in [-0.05, 0) is 40.5 Å². The first-order chi connectivity index (χ1) is 7.59. The van der Waals surface area contributed by atoms with E-state index in [1.807, 2.05) is 0 Å². The third-order valence-corrected chi connectivity index (χ3v) is 3.70. The third kappa shape index (κ3) is 2.13. The van der Waals surface area contributed by atoms with Crippen molar-refractivity contribution in [2.24, 2.45) is 0 Å². The standard InChI is InChI=1S/C11H9BrClNO2/c12-8-6-7(3-4-9(8)13)11(16)14-5-1-2-10(14)15/h3-4,6H,1-2,5H2. The molecular weight excluding hydrogens is 293 g/mol. The number of nitrogens with zero attached hydrogens (tertiary/aromatic N) is 1. The molecule has 1 aromatic carbocycles. The Hall–Kier alpha value is -0.870. The molecule has 0 radical (unpaired) electrons. The molecule has 1 saturated heterocycles. The van der Waals surface area contributed by atoms with E-state index in [1.54, 1.807) is 18.2 Å². The number of hydrogen-bond donors (Lipinski definition) is 0. The summed E-state index contributed by atoms with van der Waals surface area (Å²) < 4.78 is 0.659. The molecule has 0 aromatic heterocycles. The van der Waals surface area contributed by atoms with Crippen LogP contribution in [0.15, 0.2) is 22.7 Å². The Labute approximate surface area is 107 Å². The van der Waals surface area contributed by atoms with Gasteiger partial charge in [0.1, 0.15) is 0 Å². The Morgan fingerprint density at radius 3 is 2.75 bits per heavy atom. The van der Waals surface area contributed by atoms with E-state index < -0.39 is 0 Å². The molecular formula is C11H9BrClNO2. The SMILES string of the molecule is O=C1CCCN1C(=O)c1ccc(Cl)c(Br)c1. The van der Waals surface area contributed by atoms with E-state index in [4.69, 9.17) is 11.6 Å². The first-order valence-corrected chi connectivity index (χ1v) is 6.06. The van der Waals surface area contributed by atoms with Crippen LogP contribution in [0.4, 0.5) is 0 Å². The summed E-state index contributed by atoms with van der Waals surface area (Å²) in [6.45, 7) is 0.512. The summed E-state index contributed by atoms with van der Waals surface area (Å²) in [5, 5.41) is 0.546. The van der Waals surface area contributed by atoms with Gasteiger partial charge in [-0.1, -0.05) is 11.6 Å². The van der Waals surface area contributed by atoms with Crippen molar-refractivity contribution in [3.8, 4) is 0 Å². The van der Waals surface area contributed by atoms with Crippen LogP contribution in [0.2, 0.25) is 5.02 Å². The Morgan fingerprint density at radius 1 is 1.44 bits per heavy atom. The van der Waals surface area contributed by atoms with Crippen molar-refractivity contribution < 1.29 is 9.59 Å². The lowest BCUT2D eigenvalue weighted by Gasteiger charge is -2.13. The van der Waals surface area contributed by atoms with E-state index in [-0.39, 0.29) is 11.8 Å². The van der Waals surface area contributed by atoms with Crippen LogP contribution in [0.3, 0.4) is 0 Å². The highest BCUT2D eigenvalue weighted by Crippen LogP contribution is 2.24. The number of rotatable bonds is 1. The lowest BCUT2D eigenvalue weighted by Crippen LogP contribution is -2.31. The summed E-state index contributed by atoms with van der Waals surface area (Å²) in [7, 11) is 0. The smallest absolute Gasteiger partial charge is 0.260 e. The maximum Gasteiger partial charge on any atom is 0.260 e. The molecule has 2 amide bonds. The van der Waals surface area contributed by atoms with Gasteiger partial charge in [0.05, 0.1) is 5.02 Å². The largest absolute Gasteiger partial charge is 0.279 e. The molecule has 3 nitrogen and oxygen atoms in total. The number of carbonyl (C=O) groups is 2. The molecule has 0 atom stereocenters. The fourth-order valence-electron chi connectivity index (χ4n) is 1.65. The highest BCUT2D eigenvalue weighted by atomic mass is 79.9. The lowest BCUT2D eigenvalue weighted by molar-refractivity contribution is -0.125. The van der Waals surface area contributed by atoms with Gasteiger partial charge in [0.25, 0.3) is 5.91 Å². The molecule has 0 N–H and O–H groups in total. The minimum atomic E-state index is -0.250. The molecule has 0 bridgehead atoms. The molecule has 1 aliphatic heterocycles. The summed E-state index contributed by atoms with van der Waals surface area (Å²) >= 11 is 9.09. The van der Waals surface area contributed by atoms with Crippen molar-refractivity contribution in [3.63, 3.8) is 0 Å². The predicted octanol–water partition coefficient (Wildman–Crippen LogP) is 2.87. The van der Waals surface area contributed by atoms with Gasteiger partial charge in [-0.15, -0.1) is 0 Å². The topological polar surface area (TPSA) is 37.4 Å². The second-order valence-corrected chi connectivity index (χ2v) is 4.84. The second-order valence-electron chi connectivity index (χ2n) is 3.58. The number of benzene rings is 1. The summed E-state index contributed by atoms with van der Waals surface area (Å²) in [6.07, 6.45) is 1.21. The van der Waals surface area contributed by atoms with Crippen LogP contribution in [-0.2, 0) is 4.79 Å². The van der Waals surface area contributed by atoms with Gasteiger partial charge >= 0.3 is 0 Å². The molecule has 0 aliphatic carbocycles. The Bertz CT molecular complexity index is 461. The summed E-state index contributed by atoms with van der Waals surface area (Å²) in [6, 6.07) is 4.90. The minimum Gasteiger partial charge on any atom is -0.279 e. The van der Waals surface area contributed by atoms with Crippen molar-refractivity contribution in [1.82, 2.24) is 4.90 Å². The van der Waals surface area contributed by atoms with Crippen LogP contribution in [0.1, 0.15) is 23.2 Å². The van der Waals surface area contributed by atoms with E-state index >= 15 is 0 Å². The van der Waals surface area contributed by atoms with Crippen molar-refractivity contribution in [2.45, 2.75) is 12.8 Å². The number of halogens is 2. The molecule has 2 rings (SSSR count). The molecule has 1 aliphatic rings. The molecule has 84 valence electrons. The molecule has 0 saturated carbocycles.